The number of methoxy groups -OCH3 is 1. The lowest BCUT2D eigenvalue weighted by atomic mass is 10.1. The molecule has 0 heterocycles. The summed E-state index contributed by atoms with van der Waals surface area (Å²) in [7, 11) is -2.22. The Kier molecular flexibility index (Phi) is 5.74. The van der Waals surface area contributed by atoms with Gasteiger partial charge in [0.05, 0.1) is 11.0 Å². The fraction of sp³-hybridized carbons (Fsp3) is 0.333. The molecule has 0 bridgehead atoms. The zero-order chi connectivity index (χ0) is 17.9. The number of ether oxygens (including phenoxy) is 1. The Hall–Kier alpha value is -1.76. The van der Waals surface area contributed by atoms with E-state index >= 15 is 0 Å². The summed E-state index contributed by atoms with van der Waals surface area (Å²) in [5, 5.41) is 0. The summed E-state index contributed by atoms with van der Waals surface area (Å²) in [5.74, 6) is -0.386. The molecule has 1 N–H and O–H groups in total. The Bertz CT molecular complexity index is 811. The van der Waals surface area contributed by atoms with Crippen molar-refractivity contribution in [3.8, 4) is 0 Å². The lowest BCUT2D eigenvalue weighted by molar-refractivity contribution is 0.107. The molecule has 2 aromatic carbocycles. The Balaban J connectivity index is 2.23. The van der Waals surface area contributed by atoms with Gasteiger partial charge in [-0.3, -0.25) is 0 Å². The van der Waals surface area contributed by atoms with E-state index in [4.69, 9.17) is 4.74 Å². The Labute approximate surface area is 142 Å². The normalized spacial score (nSPS) is 13.0. The predicted octanol–water partition coefficient (Wildman–Crippen LogP) is 3.42. The Morgan fingerprint density at radius 2 is 1.75 bits per heavy atom. The number of halogens is 1. The Morgan fingerprint density at radius 3 is 2.29 bits per heavy atom. The van der Waals surface area contributed by atoms with Crippen LogP contribution in [-0.4, -0.2) is 22.1 Å². The molecule has 0 saturated heterocycles. The first kappa shape index (κ1) is 18.6. The van der Waals surface area contributed by atoms with Gasteiger partial charge < -0.3 is 4.74 Å². The topological polar surface area (TPSA) is 55.4 Å². The number of hydrogen-bond donors (Lipinski definition) is 1. The minimum atomic E-state index is -3.69. The first-order chi connectivity index (χ1) is 11.2. The molecule has 6 heteroatoms. The molecule has 2 rings (SSSR count). The standard InChI is InChI=1S/C18H22FNO3S/c1-12-8-13(2)18(14(3)9-12)24(21,22)20-11-17(23-4)15-6-5-7-16(19)10-15/h5-10,17,20H,11H2,1-4H3. The van der Waals surface area contributed by atoms with Crippen molar-refractivity contribution in [2.75, 3.05) is 13.7 Å². The molecule has 0 spiro atoms. The highest BCUT2D eigenvalue weighted by Gasteiger charge is 2.22. The maximum atomic E-state index is 13.4. The summed E-state index contributed by atoms with van der Waals surface area (Å²) in [4.78, 5) is 0.280. The van der Waals surface area contributed by atoms with Crippen molar-refractivity contribution < 1.29 is 17.5 Å². The molecule has 130 valence electrons. The Morgan fingerprint density at radius 1 is 1.12 bits per heavy atom. The van der Waals surface area contributed by atoms with Crippen LogP contribution in [-0.2, 0) is 14.8 Å². The summed E-state index contributed by atoms with van der Waals surface area (Å²) in [6, 6.07) is 9.61. The molecule has 0 aliphatic rings. The van der Waals surface area contributed by atoms with Crippen LogP contribution in [0.4, 0.5) is 4.39 Å². The van der Waals surface area contributed by atoms with Gasteiger partial charge in [0.25, 0.3) is 0 Å². The van der Waals surface area contributed by atoms with E-state index in [0.717, 1.165) is 5.56 Å². The quantitative estimate of drug-likeness (QED) is 0.868. The third-order valence-electron chi connectivity index (χ3n) is 3.84. The molecule has 0 aromatic heterocycles. The first-order valence-electron chi connectivity index (χ1n) is 7.60. The van der Waals surface area contributed by atoms with Crippen molar-refractivity contribution in [1.82, 2.24) is 4.72 Å². The largest absolute Gasteiger partial charge is 0.375 e. The van der Waals surface area contributed by atoms with E-state index in [-0.39, 0.29) is 17.3 Å². The van der Waals surface area contributed by atoms with Crippen LogP contribution in [0, 0.1) is 26.6 Å². The zero-order valence-corrected chi connectivity index (χ0v) is 15.1. The number of rotatable bonds is 6. The van der Waals surface area contributed by atoms with Crippen molar-refractivity contribution in [1.29, 1.82) is 0 Å². The van der Waals surface area contributed by atoms with Gasteiger partial charge in [-0.1, -0.05) is 29.8 Å². The first-order valence-corrected chi connectivity index (χ1v) is 9.08. The van der Waals surface area contributed by atoms with Crippen molar-refractivity contribution in [2.24, 2.45) is 0 Å². The molecule has 1 atom stereocenters. The number of nitrogens with one attached hydrogen (secondary N) is 1. The zero-order valence-electron chi connectivity index (χ0n) is 14.3. The van der Waals surface area contributed by atoms with Gasteiger partial charge in [0, 0.05) is 13.7 Å². The smallest absolute Gasteiger partial charge is 0.241 e. The molecule has 0 fully saturated rings. The molecule has 0 saturated carbocycles. The second kappa shape index (κ2) is 7.42. The molecule has 2 aromatic rings. The number of aryl methyl sites for hydroxylation is 3. The van der Waals surface area contributed by atoms with Crippen molar-refractivity contribution in [2.45, 2.75) is 31.8 Å². The summed E-state index contributed by atoms with van der Waals surface area (Å²) in [6.45, 7) is 5.49. The van der Waals surface area contributed by atoms with Gasteiger partial charge in [-0.2, -0.15) is 0 Å². The number of hydrogen-bond acceptors (Lipinski definition) is 3. The number of sulfonamides is 1. The summed E-state index contributed by atoms with van der Waals surface area (Å²) in [6.07, 6.45) is -0.568. The lowest BCUT2D eigenvalue weighted by Crippen LogP contribution is -2.30. The predicted molar refractivity (Wildman–Crippen MR) is 92.0 cm³/mol. The lowest BCUT2D eigenvalue weighted by Gasteiger charge is -2.18. The molecule has 0 aliphatic heterocycles. The molecular weight excluding hydrogens is 329 g/mol. The van der Waals surface area contributed by atoms with Crippen LogP contribution in [0.2, 0.25) is 0 Å². The van der Waals surface area contributed by atoms with Gasteiger partial charge in [-0.05, 0) is 49.6 Å². The van der Waals surface area contributed by atoms with Crippen LogP contribution >= 0.6 is 0 Å². The van der Waals surface area contributed by atoms with Crippen LogP contribution in [0.15, 0.2) is 41.3 Å². The third-order valence-corrected chi connectivity index (χ3v) is 5.57. The molecular formula is C18H22FNO3S. The fourth-order valence-corrected chi connectivity index (χ4v) is 4.37. The van der Waals surface area contributed by atoms with E-state index in [1.165, 1.54) is 19.2 Å². The van der Waals surface area contributed by atoms with E-state index < -0.39 is 16.1 Å². The molecule has 0 radical (unpaired) electrons. The summed E-state index contributed by atoms with van der Waals surface area (Å²) < 4.78 is 46.6. The van der Waals surface area contributed by atoms with Gasteiger partial charge in [0.15, 0.2) is 0 Å². The van der Waals surface area contributed by atoms with Crippen LogP contribution in [0.25, 0.3) is 0 Å². The van der Waals surface area contributed by atoms with Crippen LogP contribution in [0.5, 0.6) is 0 Å². The molecule has 0 amide bonds. The van der Waals surface area contributed by atoms with E-state index in [0.29, 0.717) is 16.7 Å². The molecule has 0 aliphatic carbocycles. The highest BCUT2D eigenvalue weighted by atomic mass is 32.2. The highest BCUT2D eigenvalue weighted by Crippen LogP contribution is 2.23. The third kappa shape index (κ3) is 4.20. The van der Waals surface area contributed by atoms with E-state index in [1.807, 2.05) is 19.1 Å². The van der Waals surface area contributed by atoms with Crippen molar-refractivity contribution >= 4 is 10.0 Å². The van der Waals surface area contributed by atoms with E-state index in [2.05, 4.69) is 4.72 Å². The van der Waals surface area contributed by atoms with Crippen molar-refractivity contribution in [3.63, 3.8) is 0 Å². The van der Waals surface area contributed by atoms with Crippen LogP contribution in [0.3, 0.4) is 0 Å². The van der Waals surface area contributed by atoms with Gasteiger partial charge in [0.2, 0.25) is 10.0 Å². The second-order valence-corrected chi connectivity index (χ2v) is 7.56. The van der Waals surface area contributed by atoms with E-state index in [1.54, 1.807) is 26.0 Å². The monoisotopic (exact) mass is 351 g/mol. The molecule has 4 nitrogen and oxygen atoms in total. The van der Waals surface area contributed by atoms with Gasteiger partial charge in [0.1, 0.15) is 5.82 Å². The van der Waals surface area contributed by atoms with Crippen LogP contribution in [0.1, 0.15) is 28.4 Å². The minimum absolute atomic E-state index is 0.0229. The average Bonchev–Trinajstić information content (AvgIpc) is 2.46. The van der Waals surface area contributed by atoms with Crippen LogP contribution < -0.4 is 4.72 Å². The van der Waals surface area contributed by atoms with Gasteiger partial charge in [-0.25, -0.2) is 17.5 Å². The molecule has 1 unspecified atom stereocenters. The maximum Gasteiger partial charge on any atom is 0.241 e. The second-order valence-electron chi connectivity index (χ2n) is 5.86. The fourth-order valence-electron chi connectivity index (χ4n) is 2.89. The summed E-state index contributed by atoms with van der Waals surface area (Å²) in [5.41, 5.74) is 2.98. The van der Waals surface area contributed by atoms with E-state index in [9.17, 15) is 12.8 Å². The highest BCUT2D eigenvalue weighted by molar-refractivity contribution is 7.89. The minimum Gasteiger partial charge on any atom is -0.375 e. The van der Waals surface area contributed by atoms with Gasteiger partial charge >= 0.3 is 0 Å². The van der Waals surface area contributed by atoms with Gasteiger partial charge in [-0.15, -0.1) is 0 Å². The maximum absolute atomic E-state index is 13.4. The SMILES string of the molecule is COC(CNS(=O)(=O)c1c(C)cc(C)cc1C)c1cccc(F)c1. The number of benzene rings is 2. The average molecular weight is 351 g/mol. The summed E-state index contributed by atoms with van der Waals surface area (Å²) >= 11 is 0. The van der Waals surface area contributed by atoms with Crippen molar-refractivity contribution in [3.05, 3.63) is 64.5 Å². The molecule has 24 heavy (non-hydrogen) atoms.